The molecule has 0 aliphatic heterocycles. The fourth-order valence-electron chi connectivity index (χ4n) is 1.22. The van der Waals surface area contributed by atoms with E-state index in [1.807, 2.05) is 0 Å². The zero-order valence-corrected chi connectivity index (χ0v) is 12.0. The molecule has 3 nitrogen and oxygen atoms in total. The van der Waals surface area contributed by atoms with Crippen LogP contribution in [0, 0.1) is 6.92 Å². The Morgan fingerprint density at radius 1 is 1.25 bits per heavy atom. The summed E-state index contributed by atoms with van der Waals surface area (Å²) in [7, 11) is 2.71. The molecule has 16 heavy (non-hydrogen) atoms. The zero-order chi connectivity index (χ0) is 12.5. The molecule has 0 spiro atoms. The molecule has 0 heterocycles. The zero-order valence-electron chi connectivity index (χ0n) is 8.86. The van der Waals surface area contributed by atoms with E-state index in [-0.39, 0.29) is 16.3 Å². The van der Waals surface area contributed by atoms with Gasteiger partial charge >= 0.3 is 5.97 Å². The molecule has 0 bridgehead atoms. The van der Waals surface area contributed by atoms with Crippen LogP contribution >= 0.6 is 39.1 Å². The molecule has 0 amide bonds. The van der Waals surface area contributed by atoms with Crippen LogP contribution < -0.4 is 4.74 Å². The Bertz CT molecular complexity index is 446. The molecule has 1 aromatic carbocycles. The third-order valence-corrected chi connectivity index (χ3v) is 3.90. The van der Waals surface area contributed by atoms with Crippen LogP contribution in [0.15, 0.2) is 4.47 Å². The fraction of sp³-hybridized carbons (Fsp3) is 0.300. The number of methoxy groups -OCH3 is 2. The first-order chi connectivity index (χ1) is 7.45. The van der Waals surface area contributed by atoms with Gasteiger partial charge in [0.25, 0.3) is 0 Å². The third-order valence-electron chi connectivity index (χ3n) is 2.09. The first kappa shape index (κ1) is 13.6. The van der Waals surface area contributed by atoms with Gasteiger partial charge in [-0.05, 0) is 28.4 Å². The molecule has 0 aliphatic carbocycles. The van der Waals surface area contributed by atoms with Crippen LogP contribution in [0.3, 0.4) is 0 Å². The van der Waals surface area contributed by atoms with Gasteiger partial charge < -0.3 is 9.47 Å². The van der Waals surface area contributed by atoms with Crippen LogP contribution in [0.1, 0.15) is 15.9 Å². The molecule has 1 rings (SSSR count). The number of halogens is 3. The van der Waals surface area contributed by atoms with Crippen molar-refractivity contribution in [3.63, 3.8) is 0 Å². The van der Waals surface area contributed by atoms with E-state index >= 15 is 0 Å². The van der Waals surface area contributed by atoms with Crippen molar-refractivity contribution in [1.82, 2.24) is 0 Å². The van der Waals surface area contributed by atoms with Gasteiger partial charge in [-0.25, -0.2) is 4.79 Å². The van der Waals surface area contributed by atoms with E-state index in [1.165, 1.54) is 14.2 Å². The Balaban J connectivity index is 3.62. The van der Waals surface area contributed by atoms with E-state index in [1.54, 1.807) is 6.92 Å². The second kappa shape index (κ2) is 5.25. The minimum absolute atomic E-state index is 0.136. The number of hydrogen-bond donors (Lipinski definition) is 0. The second-order valence-corrected chi connectivity index (χ2v) is 4.52. The predicted molar refractivity (Wildman–Crippen MR) is 66.8 cm³/mol. The summed E-state index contributed by atoms with van der Waals surface area (Å²) in [4.78, 5) is 11.6. The Hall–Kier alpha value is -0.450. The maximum absolute atomic E-state index is 11.6. The molecule has 0 N–H and O–H groups in total. The molecule has 0 fully saturated rings. The van der Waals surface area contributed by atoms with Gasteiger partial charge in [-0.1, -0.05) is 23.2 Å². The first-order valence-corrected chi connectivity index (χ1v) is 5.79. The Morgan fingerprint density at radius 3 is 2.25 bits per heavy atom. The number of rotatable bonds is 2. The van der Waals surface area contributed by atoms with Crippen molar-refractivity contribution < 1.29 is 14.3 Å². The lowest BCUT2D eigenvalue weighted by molar-refractivity contribution is 0.0599. The molecule has 6 heteroatoms. The largest absolute Gasteiger partial charge is 0.494 e. The van der Waals surface area contributed by atoms with E-state index in [2.05, 4.69) is 20.7 Å². The molecule has 0 saturated carbocycles. The van der Waals surface area contributed by atoms with Gasteiger partial charge in [0.2, 0.25) is 0 Å². The third kappa shape index (κ3) is 2.14. The Morgan fingerprint density at radius 2 is 1.81 bits per heavy atom. The minimum Gasteiger partial charge on any atom is -0.494 e. The predicted octanol–water partition coefficient (Wildman–Crippen LogP) is 3.86. The van der Waals surface area contributed by atoms with Gasteiger partial charge in [0.05, 0.1) is 29.8 Å². The molecule has 0 unspecified atom stereocenters. The molecule has 1 aromatic rings. The average molecular weight is 328 g/mol. The van der Waals surface area contributed by atoms with Gasteiger partial charge in [0.15, 0.2) is 5.75 Å². The summed E-state index contributed by atoms with van der Waals surface area (Å²) in [6.07, 6.45) is 0. The monoisotopic (exact) mass is 326 g/mol. The summed E-state index contributed by atoms with van der Waals surface area (Å²) in [5.74, 6) is -0.278. The van der Waals surface area contributed by atoms with Crippen molar-refractivity contribution in [2.75, 3.05) is 14.2 Å². The topological polar surface area (TPSA) is 35.5 Å². The highest BCUT2D eigenvalue weighted by atomic mass is 79.9. The molecular weight excluding hydrogens is 319 g/mol. The second-order valence-electron chi connectivity index (χ2n) is 2.97. The van der Waals surface area contributed by atoms with Crippen molar-refractivity contribution in [2.45, 2.75) is 6.92 Å². The van der Waals surface area contributed by atoms with Crippen molar-refractivity contribution in [1.29, 1.82) is 0 Å². The number of carbonyl (C=O) groups is 1. The fourth-order valence-corrected chi connectivity index (χ4v) is 2.67. The summed E-state index contributed by atoms with van der Waals surface area (Å²) in [6, 6.07) is 0. The number of hydrogen-bond acceptors (Lipinski definition) is 3. The molecule has 0 radical (unpaired) electrons. The first-order valence-electron chi connectivity index (χ1n) is 4.25. The number of esters is 1. The number of ether oxygens (including phenoxy) is 2. The van der Waals surface area contributed by atoms with E-state index < -0.39 is 5.97 Å². The highest BCUT2D eigenvalue weighted by Gasteiger charge is 2.24. The summed E-state index contributed by atoms with van der Waals surface area (Å²) in [5, 5.41) is 0.504. The quantitative estimate of drug-likeness (QED) is 0.774. The highest BCUT2D eigenvalue weighted by molar-refractivity contribution is 9.10. The van der Waals surface area contributed by atoms with E-state index in [0.717, 1.165) is 0 Å². The van der Waals surface area contributed by atoms with Crippen molar-refractivity contribution in [3.8, 4) is 5.75 Å². The van der Waals surface area contributed by atoms with Crippen molar-refractivity contribution in [3.05, 3.63) is 25.6 Å². The molecule has 0 aliphatic rings. The SMILES string of the molecule is COC(=O)c1c(Cl)c(OC)c(Cl)c(C)c1Br. The molecule has 0 saturated heterocycles. The van der Waals surface area contributed by atoms with Crippen molar-refractivity contribution in [2.24, 2.45) is 0 Å². The van der Waals surface area contributed by atoms with Crippen LogP contribution in [0.4, 0.5) is 0 Å². The van der Waals surface area contributed by atoms with Gasteiger partial charge in [0.1, 0.15) is 0 Å². The van der Waals surface area contributed by atoms with Crippen molar-refractivity contribution >= 4 is 45.1 Å². The molecule has 0 aromatic heterocycles. The standard InChI is InChI=1S/C10H9BrCl2O3/c1-4-6(11)5(10(14)16-3)8(13)9(15-2)7(4)12/h1-3H3. The van der Waals surface area contributed by atoms with Crippen LogP contribution in [-0.2, 0) is 4.74 Å². The van der Waals surface area contributed by atoms with Crippen LogP contribution in [-0.4, -0.2) is 20.2 Å². The maximum atomic E-state index is 11.6. The van der Waals surface area contributed by atoms with E-state index in [0.29, 0.717) is 15.1 Å². The molecule has 88 valence electrons. The van der Waals surface area contributed by atoms with E-state index in [9.17, 15) is 4.79 Å². The van der Waals surface area contributed by atoms with E-state index in [4.69, 9.17) is 27.9 Å². The molecule has 0 atom stereocenters. The Labute approximate surface area is 112 Å². The minimum atomic E-state index is -0.546. The molecular formula is C10H9BrCl2O3. The normalized spacial score (nSPS) is 10.1. The summed E-state index contributed by atoms with van der Waals surface area (Å²) in [5.41, 5.74) is 0.881. The van der Waals surface area contributed by atoms with Gasteiger partial charge in [-0.3, -0.25) is 0 Å². The lowest BCUT2D eigenvalue weighted by Crippen LogP contribution is -2.06. The smallest absolute Gasteiger partial charge is 0.340 e. The van der Waals surface area contributed by atoms with Crippen LogP contribution in [0.25, 0.3) is 0 Å². The van der Waals surface area contributed by atoms with Gasteiger partial charge in [-0.15, -0.1) is 0 Å². The van der Waals surface area contributed by atoms with Crippen LogP contribution in [0.5, 0.6) is 5.75 Å². The summed E-state index contributed by atoms with van der Waals surface area (Å²) >= 11 is 15.3. The van der Waals surface area contributed by atoms with Crippen LogP contribution in [0.2, 0.25) is 10.0 Å². The Kier molecular flexibility index (Phi) is 4.47. The summed E-state index contributed by atoms with van der Waals surface area (Å²) < 4.78 is 10.2. The van der Waals surface area contributed by atoms with Gasteiger partial charge in [-0.2, -0.15) is 0 Å². The highest BCUT2D eigenvalue weighted by Crippen LogP contribution is 2.43. The number of benzene rings is 1. The van der Waals surface area contributed by atoms with Gasteiger partial charge in [0, 0.05) is 4.47 Å². The lowest BCUT2D eigenvalue weighted by atomic mass is 10.1. The maximum Gasteiger partial charge on any atom is 0.340 e. The lowest BCUT2D eigenvalue weighted by Gasteiger charge is -2.14. The average Bonchev–Trinajstić information content (AvgIpc) is 2.27. The number of carbonyl (C=O) groups excluding carboxylic acids is 1. The summed E-state index contributed by atoms with van der Waals surface area (Å²) in [6.45, 7) is 1.75.